The predicted octanol–water partition coefficient (Wildman–Crippen LogP) is 4.77. The Morgan fingerprint density at radius 3 is 2.50 bits per heavy atom. The molecule has 0 bridgehead atoms. The Hall–Kier alpha value is -0.0900. The molecule has 0 aliphatic heterocycles. The number of hydrogen-bond acceptors (Lipinski definition) is 1. The minimum Gasteiger partial charge on any atom is -0.313 e. The first-order valence-electron chi connectivity index (χ1n) is 7.19. The highest BCUT2D eigenvalue weighted by Gasteiger charge is 2.30. The van der Waals surface area contributed by atoms with E-state index >= 15 is 0 Å². The van der Waals surface area contributed by atoms with Crippen LogP contribution in [0.1, 0.15) is 50.6 Å². The molecule has 0 aromatic heterocycles. The van der Waals surface area contributed by atoms with E-state index in [2.05, 4.69) is 66.1 Å². The third-order valence-corrected chi connectivity index (χ3v) is 5.18. The highest BCUT2D eigenvalue weighted by atomic mass is 127. The Balaban J connectivity index is 2.18. The molecule has 0 saturated heterocycles. The van der Waals surface area contributed by atoms with Crippen molar-refractivity contribution in [2.24, 2.45) is 11.8 Å². The smallest absolute Gasteiger partial charge is 0.0348 e. The topological polar surface area (TPSA) is 12.0 Å². The van der Waals surface area contributed by atoms with Gasteiger partial charge in [-0.1, -0.05) is 44.7 Å². The Labute approximate surface area is 125 Å². The molecule has 2 rings (SSSR count). The van der Waals surface area contributed by atoms with Crippen molar-refractivity contribution in [3.8, 4) is 0 Å². The molecule has 2 heteroatoms. The molecular formula is C16H24IN. The zero-order valence-electron chi connectivity index (χ0n) is 11.5. The van der Waals surface area contributed by atoms with Crippen molar-refractivity contribution in [1.29, 1.82) is 0 Å². The Kier molecular flexibility index (Phi) is 5.49. The molecule has 100 valence electrons. The van der Waals surface area contributed by atoms with Gasteiger partial charge in [0.15, 0.2) is 0 Å². The summed E-state index contributed by atoms with van der Waals surface area (Å²) in [5, 5.41) is 3.57. The van der Waals surface area contributed by atoms with Gasteiger partial charge in [0.25, 0.3) is 0 Å². The molecule has 1 N–H and O–H groups in total. The zero-order valence-corrected chi connectivity index (χ0v) is 13.6. The Morgan fingerprint density at radius 2 is 1.89 bits per heavy atom. The van der Waals surface area contributed by atoms with Gasteiger partial charge in [-0.25, -0.2) is 0 Å². The third kappa shape index (κ3) is 3.27. The van der Waals surface area contributed by atoms with Crippen LogP contribution in [0.3, 0.4) is 0 Å². The van der Waals surface area contributed by atoms with E-state index in [0.717, 1.165) is 11.8 Å². The van der Waals surface area contributed by atoms with E-state index in [1.54, 1.807) is 0 Å². The van der Waals surface area contributed by atoms with Crippen molar-refractivity contribution in [3.05, 3.63) is 33.4 Å². The van der Waals surface area contributed by atoms with Crippen LogP contribution in [0.5, 0.6) is 0 Å². The van der Waals surface area contributed by atoms with Gasteiger partial charge in [-0.2, -0.15) is 0 Å². The molecule has 1 fully saturated rings. The monoisotopic (exact) mass is 357 g/mol. The molecule has 0 amide bonds. The summed E-state index contributed by atoms with van der Waals surface area (Å²) in [6.07, 6.45) is 6.97. The molecule has 0 heterocycles. The molecule has 1 aliphatic rings. The number of benzene rings is 1. The van der Waals surface area contributed by atoms with E-state index in [1.807, 2.05) is 0 Å². The van der Waals surface area contributed by atoms with Crippen LogP contribution >= 0.6 is 22.6 Å². The van der Waals surface area contributed by atoms with E-state index < -0.39 is 0 Å². The van der Waals surface area contributed by atoms with Gasteiger partial charge in [-0.15, -0.1) is 0 Å². The summed E-state index contributed by atoms with van der Waals surface area (Å²) in [6, 6.07) is 9.58. The fraction of sp³-hybridized carbons (Fsp3) is 0.625. The maximum Gasteiger partial charge on any atom is 0.0348 e. The van der Waals surface area contributed by atoms with Gasteiger partial charge in [-0.05, 0) is 65.6 Å². The summed E-state index contributed by atoms with van der Waals surface area (Å²) in [7, 11) is 2.12. The third-order valence-electron chi connectivity index (χ3n) is 4.46. The van der Waals surface area contributed by atoms with Gasteiger partial charge in [0.2, 0.25) is 0 Å². The van der Waals surface area contributed by atoms with E-state index in [9.17, 15) is 0 Å². The first kappa shape index (κ1) is 14.3. The molecule has 18 heavy (non-hydrogen) atoms. The van der Waals surface area contributed by atoms with Crippen LogP contribution in [0.2, 0.25) is 0 Å². The Bertz CT molecular complexity index is 360. The van der Waals surface area contributed by atoms with Crippen molar-refractivity contribution >= 4 is 22.6 Å². The normalized spacial score (nSPS) is 25.9. The minimum absolute atomic E-state index is 0.534. The summed E-state index contributed by atoms with van der Waals surface area (Å²) >= 11 is 2.38. The molecule has 3 unspecified atom stereocenters. The minimum atomic E-state index is 0.534. The van der Waals surface area contributed by atoms with Gasteiger partial charge < -0.3 is 5.32 Å². The van der Waals surface area contributed by atoms with Crippen LogP contribution < -0.4 is 5.32 Å². The summed E-state index contributed by atoms with van der Waals surface area (Å²) in [5.74, 6) is 1.71. The first-order valence-corrected chi connectivity index (χ1v) is 8.26. The second-order valence-corrected chi connectivity index (χ2v) is 6.68. The molecule has 1 saturated carbocycles. The fourth-order valence-corrected chi connectivity index (χ4v) is 3.84. The van der Waals surface area contributed by atoms with E-state index in [0.29, 0.717) is 6.04 Å². The zero-order chi connectivity index (χ0) is 13.0. The van der Waals surface area contributed by atoms with E-state index in [-0.39, 0.29) is 0 Å². The number of rotatable bonds is 4. The average Bonchev–Trinajstić information content (AvgIpc) is 2.42. The van der Waals surface area contributed by atoms with E-state index in [4.69, 9.17) is 0 Å². The van der Waals surface area contributed by atoms with Crippen LogP contribution in [0.15, 0.2) is 24.3 Å². The predicted molar refractivity (Wildman–Crippen MR) is 86.7 cm³/mol. The maximum absolute atomic E-state index is 3.57. The van der Waals surface area contributed by atoms with Gasteiger partial charge >= 0.3 is 0 Å². The van der Waals surface area contributed by atoms with Crippen LogP contribution in [-0.4, -0.2) is 7.05 Å². The van der Waals surface area contributed by atoms with Crippen molar-refractivity contribution in [2.45, 2.75) is 45.1 Å². The van der Waals surface area contributed by atoms with Crippen LogP contribution in [0, 0.1) is 15.4 Å². The highest BCUT2D eigenvalue weighted by Crippen LogP contribution is 2.40. The van der Waals surface area contributed by atoms with Crippen LogP contribution in [0.25, 0.3) is 0 Å². The summed E-state index contributed by atoms with van der Waals surface area (Å²) in [4.78, 5) is 0. The van der Waals surface area contributed by atoms with Gasteiger partial charge in [-0.3, -0.25) is 0 Å². The van der Waals surface area contributed by atoms with Crippen molar-refractivity contribution in [1.82, 2.24) is 5.32 Å². The van der Waals surface area contributed by atoms with Crippen LogP contribution in [0.4, 0.5) is 0 Å². The fourth-order valence-electron chi connectivity index (χ4n) is 3.48. The van der Waals surface area contributed by atoms with Crippen molar-refractivity contribution in [2.75, 3.05) is 7.05 Å². The summed E-state index contributed by atoms with van der Waals surface area (Å²) in [6.45, 7) is 2.35. The Morgan fingerprint density at radius 1 is 1.22 bits per heavy atom. The quantitative estimate of drug-likeness (QED) is 0.766. The van der Waals surface area contributed by atoms with Crippen molar-refractivity contribution < 1.29 is 0 Å². The largest absolute Gasteiger partial charge is 0.313 e. The second kappa shape index (κ2) is 6.90. The number of halogens is 1. The maximum atomic E-state index is 3.57. The van der Waals surface area contributed by atoms with E-state index in [1.165, 1.54) is 41.2 Å². The lowest BCUT2D eigenvalue weighted by Gasteiger charge is -2.37. The van der Waals surface area contributed by atoms with Gasteiger partial charge in [0, 0.05) is 9.61 Å². The summed E-state index contributed by atoms with van der Waals surface area (Å²) in [5.41, 5.74) is 1.46. The molecule has 3 atom stereocenters. The molecule has 0 spiro atoms. The van der Waals surface area contributed by atoms with Crippen molar-refractivity contribution in [3.63, 3.8) is 0 Å². The van der Waals surface area contributed by atoms with Crippen LogP contribution in [-0.2, 0) is 0 Å². The molecule has 1 nitrogen and oxygen atoms in total. The second-order valence-electron chi connectivity index (χ2n) is 5.43. The molecule has 1 aromatic rings. The van der Waals surface area contributed by atoms with Gasteiger partial charge in [0.1, 0.15) is 0 Å². The summed E-state index contributed by atoms with van der Waals surface area (Å²) < 4.78 is 1.32. The first-order chi connectivity index (χ1) is 8.76. The molecule has 0 radical (unpaired) electrons. The lowest BCUT2D eigenvalue weighted by molar-refractivity contribution is 0.180. The SMILES string of the molecule is CCC1CCCCC1C(NC)c1ccc(I)cc1. The highest BCUT2D eigenvalue weighted by molar-refractivity contribution is 14.1. The molecular weight excluding hydrogens is 333 g/mol. The van der Waals surface area contributed by atoms with Gasteiger partial charge in [0.05, 0.1) is 0 Å². The lowest BCUT2D eigenvalue weighted by atomic mass is 9.72. The molecule has 1 aromatic carbocycles. The lowest BCUT2D eigenvalue weighted by Crippen LogP contribution is -2.32. The number of nitrogens with one attached hydrogen (secondary N) is 1. The number of hydrogen-bond donors (Lipinski definition) is 1. The molecule has 1 aliphatic carbocycles. The average molecular weight is 357 g/mol. The standard InChI is InChI=1S/C16H24IN/c1-3-12-6-4-5-7-15(12)16(18-2)13-8-10-14(17)11-9-13/h8-12,15-16,18H,3-7H2,1-2H3.